The van der Waals surface area contributed by atoms with Crippen LogP contribution in [-0.4, -0.2) is 57.9 Å². The number of hydrogen-bond donors (Lipinski definition) is 1. The first-order chi connectivity index (χ1) is 8.60. The first kappa shape index (κ1) is 15.9. The molecule has 0 amide bonds. The van der Waals surface area contributed by atoms with Crippen LogP contribution >= 0.6 is 0 Å². The highest BCUT2D eigenvalue weighted by atomic mass is 32.2. The highest BCUT2D eigenvalue weighted by Crippen LogP contribution is 2.16. The van der Waals surface area contributed by atoms with Gasteiger partial charge in [0.05, 0.1) is 12.4 Å². The van der Waals surface area contributed by atoms with Crippen molar-refractivity contribution in [3.05, 3.63) is 0 Å². The summed E-state index contributed by atoms with van der Waals surface area (Å²) in [7, 11) is -3.13. The maximum atomic E-state index is 12.3. The maximum Gasteiger partial charge on any atom is 0.214 e. The van der Waals surface area contributed by atoms with Crippen LogP contribution in [0.5, 0.6) is 0 Å². The van der Waals surface area contributed by atoms with Crippen LogP contribution in [0.25, 0.3) is 0 Å². The molecule has 0 aliphatic carbocycles. The summed E-state index contributed by atoms with van der Waals surface area (Å²) in [6.45, 7) is 7.78. The van der Waals surface area contributed by atoms with Crippen molar-refractivity contribution in [2.24, 2.45) is 5.92 Å². The van der Waals surface area contributed by atoms with Gasteiger partial charge in [0.25, 0.3) is 0 Å². The number of sulfonamides is 1. The molecule has 1 saturated heterocycles. The Balaban J connectivity index is 2.47. The van der Waals surface area contributed by atoms with Crippen LogP contribution < -0.4 is 5.32 Å². The first-order valence-corrected chi connectivity index (χ1v) is 8.47. The molecule has 1 rings (SSSR count). The molecule has 6 heteroatoms. The van der Waals surface area contributed by atoms with Gasteiger partial charge in [-0.1, -0.05) is 6.92 Å². The molecule has 0 bridgehead atoms. The second-order valence-corrected chi connectivity index (χ2v) is 6.67. The van der Waals surface area contributed by atoms with Crippen LogP contribution in [-0.2, 0) is 14.8 Å². The third-order valence-corrected chi connectivity index (χ3v) is 5.46. The van der Waals surface area contributed by atoms with E-state index in [-0.39, 0.29) is 5.75 Å². The number of hydrogen-bond acceptors (Lipinski definition) is 4. The van der Waals surface area contributed by atoms with E-state index in [1.807, 2.05) is 13.8 Å². The van der Waals surface area contributed by atoms with Crippen LogP contribution in [0.2, 0.25) is 0 Å². The monoisotopic (exact) mass is 278 g/mol. The van der Waals surface area contributed by atoms with Gasteiger partial charge in [-0.15, -0.1) is 0 Å². The van der Waals surface area contributed by atoms with Crippen molar-refractivity contribution in [3.63, 3.8) is 0 Å². The van der Waals surface area contributed by atoms with Crippen LogP contribution in [0.1, 0.15) is 26.7 Å². The van der Waals surface area contributed by atoms with Crippen LogP contribution in [0.15, 0.2) is 0 Å². The molecule has 0 atom stereocenters. The molecule has 1 aliphatic rings. The highest BCUT2D eigenvalue weighted by molar-refractivity contribution is 7.89. The minimum absolute atomic E-state index is 0.286. The fourth-order valence-electron chi connectivity index (χ4n) is 2.26. The molecule has 18 heavy (non-hydrogen) atoms. The van der Waals surface area contributed by atoms with Crippen molar-refractivity contribution in [2.45, 2.75) is 26.7 Å². The number of nitrogens with one attached hydrogen (secondary N) is 1. The molecular formula is C12H26N2O3S. The van der Waals surface area contributed by atoms with Crippen molar-refractivity contribution in [2.75, 3.05) is 45.1 Å². The van der Waals surface area contributed by atoms with E-state index in [4.69, 9.17) is 4.74 Å². The van der Waals surface area contributed by atoms with Gasteiger partial charge < -0.3 is 10.1 Å². The fourth-order valence-corrected chi connectivity index (χ4v) is 4.14. The van der Waals surface area contributed by atoms with Gasteiger partial charge in [0.15, 0.2) is 0 Å². The summed E-state index contributed by atoms with van der Waals surface area (Å²) >= 11 is 0. The number of ether oxygens (including phenoxy) is 1. The standard InChI is InChI=1S/C12H26N2O3S/c1-3-14(9-10-17-4-2)18(15,16)11-12-5-7-13-8-6-12/h12-13H,3-11H2,1-2H3. The van der Waals surface area contributed by atoms with Crippen molar-refractivity contribution < 1.29 is 13.2 Å². The maximum absolute atomic E-state index is 12.3. The van der Waals surface area contributed by atoms with Crippen LogP contribution in [0, 0.1) is 5.92 Å². The second-order valence-electron chi connectivity index (χ2n) is 4.66. The average molecular weight is 278 g/mol. The second kappa shape index (κ2) is 8.09. The summed E-state index contributed by atoms with van der Waals surface area (Å²) in [5, 5.41) is 3.26. The van der Waals surface area contributed by atoms with Crippen molar-refractivity contribution in [1.29, 1.82) is 0 Å². The largest absolute Gasteiger partial charge is 0.380 e. The minimum Gasteiger partial charge on any atom is -0.380 e. The van der Waals surface area contributed by atoms with Gasteiger partial charge in [0, 0.05) is 19.7 Å². The molecule has 0 saturated carbocycles. The van der Waals surface area contributed by atoms with Crippen molar-refractivity contribution >= 4 is 10.0 Å². The van der Waals surface area contributed by atoms with Crippen molar-refractivity contribution in [3.8, 4) is 0 Å². The predicted octanol–water partition coefficient (Wildman–Crippen LogP) is 0.674. The molecule has 1 heterocycles. The summed E-state index contributed by atoms with van der Waals surface area (Å²) in [5.41, 5.74) is 0. The lowest BCUT2D eigenvalue weighted by Gasteiger charge is -2.26. The molecule has 0 aromatic rings. The minimum atomic E-state index is -3.13. The molecule has 1 aliphatic heterocycles. The topological polar surface area (TPSA) is 58.6 Å². The third kappa shape index (κ3) is 5.22. The van der Waals surface area contributed by atoms with Gasteiger partial charge in [0.1, 0.15) is 0 Å². The van der Waals surface area contributed by atoms with Crippen LogP contribution in [0.3, 0.4) is 0 Å². The zero-order valence-corrected chi connectivity index (χ0v) is 12.3. The van der Waals surface area contributed by atoms with Crippen molar-refractivity contribution in [1.82, 2.24) is 9.62 Å². The predicted molar refractivity (Wildman–Crippen MR) is 73.1 cm³/mol. The van der Waals surface area contributed by atoms with Gasteiger partial charge in [0.2, 0.25) is 10.0 Å². The fraction of sp³-hybridized carbons (Fsp3) is 1.00. The first-order valence-electron chi connectivity index (χ1n) is 6.86. The van der Waals surface area contributed by atoms with E-state index >= 15 is 0 Å². The Morgan fingerprint density at radius 3 is 2.50 bits per heavy atom. The number of piperidine rings is 1. The Labute approximate surface area is 111 Å². The summed E-state index contributed by atoms with van der Waals surface area (Å²) in [6.07, 6.45) is 1.92. The van der Waals surface area contributed by atoms with Gasteiger partial charge in [-0.05, 0) is 38.8 Å². The Morgan fingerprint density at radius 1 is 1.28 bits per heavy atom. The summed E-state index contributed by atoms with van der Waals surface area (Å²) in [4.78, 5) is 0. The Hall–Kier alpha value is -0.170. The summed E-state index contributed by atoms with van der Waals surface area (Å²) in [5.74, 6) is 0.589. The molecule has 0 radical (unpaired) electrons. The summed E-state index contributed by atoms with van der Waals surface area (Å²) in [6, 6.07) is 0. The van der Waals surface area contributed by atoms with E-state index in [0.29, 0.717) is 32.2 Å². The van der Waals surface area contributed by atoms with E-state index in [9.17, 15) is 8.42 Å². The molecule has 1 N–H and O–H groups in total. The number of nitrogens with zero attached hydrogens (tertiary/aromatic N) is 1. The Kier molecular flexibility index (Phi) is 7.14. The molecule has 5 nitrogen and oxygen atoms in total. The van der Waals surface area contributed by atoms with Crippen LogP contribution in [0.4, 0.5) is 0 Å². The van der Waals surface area contributed by atoms with E-state index < -0.39 is 10.0 Å². The molecular weight excluding hydrogens is 252 g/mol. The molecule has 108 valence electrons. The van der Waals surface area contributed by atoms with E-state index in [2.05, 4.69) is 5.32 Å². The molecule has 0 unspecified atom stereocenters. The molecule has 0 aromatic carbocycles. The Bertz CT molecular complexity index is 313. The van der Waals surface area contributed by atoms with E-state index in [1.54, 1.807) is 4.31 Å². The zero-order chi connectivity index (χ0) is 13.4. The lowest BCUT2D eigenvalue weighted by atomic mass is 10.0. The smallest absolute Gasteiger partial charge is 0.214 e. The van der Waals surface area contributed by atoms with E-state index in [0.717, 1.165) is 25.9 Å². The molecule has 1 fully saturated rings. The normalized spacial score (nSPS) is 18.4. The van der Waals surface area contributed by atoms with E-state index in [1.165, 1.54) is 0 Å². The Morgan fingerprint density at radius 2 is 1.94 bits per heavy atom. The zero-order valence-electron chi connectivity index (χ0n) is 11.5. The number of likely N-dealkylation sites (N-methyl/N-ethyl adjacent to an activating group) is 1. The SMILES string of the molecule is CCOCCN(CC)S(=O)(=O)CC1CCNCC1. The summed E-state index contributed by atoms with van der Waals surface area (Å²) < 4.78 is 31.3. The highest BCUT2D eigenvalue weighted by Gasteiger charge is 2.25. The van der Waals surface area contributed by atoms with Gasteiger partial charge >= 0.3 is 0 Å². The quantitative estimate of drug-likeness (QED) is 0.663. The lowest BCUT2D eigenvalue weighted by molar-refractivity contribution is 0.135. The average Bonchev–Trinajstić information content (AvgIpc) is 2.35. The number of rotatable bonds is 8. The molecule has 0 aromatic heterocycles. The van der Waals surface area contributed by atoms with Gasteiger partial charge in [-0.25, -0.2) is 8.42 Å². The van der Waals surface area contributed by atoms with Gasteiger partial charge in [-0.2, -0.15) is 4.31 Å². The third-order valence-electron chi connectivity index (χ3n) is 3.34. The van der Waals surface area contributed by atoms with Gasteiger partial charge in [-0.3, -0.25) is 0 Å². The lowest BCUT2D eigenvalue weighted by Crippen LogP contribution is -2.39. The molecule has 0 spiro atoms.